The van der Waals surface area contributed by atoms with Crippen LogP contribution in [0.2, 0.25) is 5.02 Å². The number of phenolic OH excluding ortho intramolecular Hbond substituents is 1. The molecule has 4 aromatic rings. The lowest BCUT2D eigenvalue weighted by molar-refractivity contribution is -0.0498. The molecule has 0 spiro atoms. The molecule has 0 aliphatic heterocycles. The molecule has 0 saturated heterocycles. The van der Waals surface area contributed by atoms with Crippen molar-refractivity contribution in [3.05, 3.63) is 101 Å². The van der Waals surface area contributed by atoms with Gasteiger partial charge in [0.2, 0.25) is 0 Å². The number of halogens is 3. The summed E-state index contributed by atoms with van der Waals surface area (Å²) in [5, 5.41) is 15.3. The second-order valence-corrected chi connectivity index (χ2v) is 7.78. The molecule has 0 saturated carbocycles. The number of carbonyl (C=O) groups excluding carboxylic acids is 1. The lowest BCUT2D eigenvalue weighted by Crippen LogP contribution is -2.17. The van der Waals surface area contributed by atoms with Crippen molar-refractivity contribution in [1.82, 2.24) is 5.43 Å². The third-order valence-corrected chi connectivity index (χ3v) is 5.34. The average molecular weight is 497 g/mol. The molecular formula is C26H19ClF2N2O4. The van der Waals surface area contributed by atoms with Crippen molar-refractivity contribution in [1.29, 1.82) is 0 Å². The number of nitrogens with zero attached hydrogens (tertiary/aromatic N) is 1. The highest BCUT2D eigenvalue weighted by molar-refractivity contribution is 6.32. The molecule has 0 aliphatic rings. The zero-order valence-electron chi connectivity index (χ0n) is 18.1. The van der Waals surface area contributed by atoms with Crippen LogP contribution in [0, 0.1) is 0 Å². The van der Waals surface area contributed by atoms with E-state index in [1.54, 1.807) is 18.2 Å². The molecular weight excluding hydrogens is 478 g/mol. The van der Waals surface area contributed by atoms with E-state index in [1.165, 1.54) is 36.5 Å². The standard InChI is InChI=1S/C26H19ClF2N2O4/c27-22-13-17(7-11-23(22)32)25(33)31-30-14-18-8-12-24(21-4-2-1-3-20(18)21)34-15-16-5-9-19(10-6-16)35-26(28)29/h1-14,26,32H,15H2,(H,31,33). The van der Waals surface area contributed by atoms with E-state index >= 15 is 0 Å². The van der Waals surface area contributed by atoms with Crippen LogP contribution in [-0.4, -0.2) is 23.8 Å². The van der Waals surface area contributed by atoms with E-state index in [0.717, 1.165) is 21.9 Å². The maximum Gasteiger partial charge on any atom is 0.387 e. The maximum atomic E-state index is 12.3. The molecule has 178 valence electrons. The lowest BCUT2D eigenvalue weighted by Gasteiger charge is -2.12. The smallest absolute Gasteiger partial charge is 0.387 e. The number of ether oxygens (including phenoxy) is 2. The molecule has 4 rings (SSSR count). The van der Waals surface area contributed by atoms with Gasteiger partial charge in [-0.05, 0) is 53.4 Å². The maximum absolute atomic E-state index is 12.3. The highest BCUT2D eigenvalue weighted by Gasteiger charge is 2.09. The van der Waals surface area contributed by atoms with Crippen LogP contribution in [-0.2, 0) is 6.61 Å². The molecule has 0 fully saturated rings. The van der Waals surface area contributed by atoms with Gasteiger partial charge in [0, 0.05) is 16.5 Å². The van der Waals surface area contributed by atoms with Crippen LogP contribution in [0.4, 0.5) is 8.78 Å². The molecule has 0 bridgehead atoms. The number of carbonyl (C=O) groups is 1. The summed E-state index contributed by atoms with van der Waals surface area (Å²) in [4.78, 5) is 12.3. The molecule has 35 heavy (non-hydrogen) atoms. The van der Waals surface area contributed by atoms with Crippen molar-refractivity contribution in [2.24, 2.45) is 5.10 Å². The van der Waals surface area contributed by atoms with Crippen LogP contribution in [0.25, 0.3) is 10.8 Å². The van der Waals surface area contributed by atoms with Gasteiger partial charge in [-0.2, -0.15) is 13.9 Å². The van der Waals surface area contributed by atoms with Crippen LogP contribution in [0.3, 0.4) is 0 Å². The van der Waals surface area contributed by atoms with E-state index in [4.69, 9.17) is 16.3 Å². The Kier molecular flexibility index (Phi) is 7.42. The second kappa shape index (κ2) is 10.8. The SMILES string of the molecule is O=C(NN=Cc1ccc(OCc2ccc(OC(F)F)cc2)c2ccccc12)c1ccc(O)c(Cl)c1. The quantitative estimate of drug-likeness (QED) is 0.227. The third kappa shape index (κ3) is 6.04. The first-order valence-electron chi connectivity index (χ1n) is 10.4. The molecule has 4 aromatic carbocycles. The van der Waals surface area contributed by atoms with Crippen LogP contribution in [0.1, 0.15) is 21.5 Å². The number of rotatable bonds is 8. The van der Waals surface area contributed by atoms with E-state index in [9.17, 15) is 18.7 Å². The molecule has 0 aliphatic carbocycles. The molecule has 2 N–H and O–H groups in total. The van der Waals surface area contributed by atoms with Crippen LogP contribution >= 0.6 is 11.6 Å². The zero-order chi connectivity index (χ0) is 24.8. The normalized spacial score (nSPS) is 11.2. The van der Waals surface area contributed by atoms with Crippen molar-refractivity contribution in [3.8, 4) is 17.2 Å². The first-order chi connectivity index (χ1) is 16.9. The summed E-state index contributed by atoms with van der Waals surface area (Å²) in [5.74, 6) is 0.127. The van der Waals surface area contributed by atoms with Gasteiger partial charge in [-0.25, -0.2) is 5.43 Å². The molecule has 0 radical (unpaired) electrons. The van der Waals surface area contributed by atoms with Crippen molar-refractivity contribution < 1.29 is 28.2 Å². The summed E-state index contributed by atoms with van der Waals surface area (Å²) >= 11 is 5.84. The number of hydrogen-bond donors (Lipinski definition) is 2. The summed E-state index contributed by atoms with van der Waals surface area (Å²) < 4.78 is 34.9. The molecule has 0 atom stereocenters. The van der Waals surface area contributed by atoms with E-state index in [2.05, 4.69) is 15.3 Å². The van der Waals surface area contributed by atoms with Crippen LogP contribution < -0.4 is 14.9 Å². The predicted molar refractivity (Wildman–Crippen MR) is 130 cm³/mol. The van der Waals surface area contributed by atoms with Crippen molar-refractivity contribution in [3.63, 3.8) is 0 Å². The van der Waals surface area contributed by atoms with Gasteiger partial charge in [-0.15, -0.1) is 0 Å². The average Bonchev–Trinajstić information content (AvgIpc) is 2.85. The number of amides is 1. The van der Waals surface area contributed by atoms with Gasteiger partial charge in [0.05, 0.1) is 11.2 Å². The largest absolute Gasteiger partial charge is 0.506 e. The fourth-order valence-electron chi connectivity index (χ4n) is 3.33. The fourth-order valence-corrected chi connectivity index (χ4v) is 3.52. The Labute approximate surface area is 204 Å². The minimum atomic E-state index is -2.87. The first kappa shape index (κ1) is 24.0. The van der Waals surface area contributed by atoms with E-state index in [0.29, 0.717) is 5.75 Å². The van der Waals surface area contributed by atoms with E-state index in [-0.39, 0.29) is 28.7 Å². The number of hydrazone groups is 1. The Morgan fingerprint density at radius 1 is 1.03 bits per heavy atom. The van der Waals surface area contributed by atoms with Gasteiger partial charge in [0.25, 0.3) is 5.91 Å². The summed E-state index contributed by atoms with van der Waals surface area (Å²) in [7, 11) is 0. The third-order valence-electron chi connectivity index (χ3n) is 5.04. The van der Waals surface area contributed by atoms with Crippen LogP contribution in [0.15, 0.2) is 84.0 Å². The Morgan fingerprint density at radius 3 is 2.49 bits per heavy atom. The fraction of sp³-hybridized carbons (Fsp3) is 0.0769. The second-order valence-electron chi connectivity index (χ2n) is 7.37. The topological polar surface area (TPSA) is 80.2 Å². The number of alkyl halides is 2. The Hall–Kier alpha value is -4.17. The van der Waals surface area contributed by atoms with Gasteiger partial charge < -0.3 is 14.6 Å². The minimum absolute atomic E-state index is 0.0700. The number of nitrogens with one attached hydrogen (secondary N) is 1. The predicted octanol–water partition coefficient (Wildman–Crippen LogP) is 6.14. The van der Waals surface area contributed by atoms with Crippen LogP contribution in [0.5, 0.6) is 17.2 Å². The zero-order valence-corrected chi connectivity index (χ0v) is 18.9. The number of hydrogen-bond acceptors (Lipinski definition) is 5. The number of phenols is 1. The number of aromatic hydroxyl groups is 1. The van der Waals surface area contributed by atoms with Gasteiger partial charge >= 0.3 is 6.61 Å². The van der Waals surface area contributed by atoms with Crippen molar-refractivity contribution >= 4 is 34.5 Å². The van der Waals surface area contributed by atoms with Gasteiger partial charge in [-0.3, -0.25) is 4.79 Å². The minimum Gasteiger partial charge on any atom is -0.506 e. The molecule has 0 aromatic heterocycles. The number of fused-ring (bicyclic) bond motifs is 1. The highest BCUT2D eigenvalue weighted by Crippen LogP contribution is 2.29. The summed E-state index contributed by atoms with van der Waals surface area (Å²) in [6.45, 7) is -2.64. The van der Waals surface area contributed by atoms with Gasteiger partial charge in [0.15, 0.2) is 0 Å². The summed E-state index contributed by atoms with van der Waals surface area (Å²) in [5.41, 5.74) is 4.24. The highest BCUT2D eigenvalue weighted by atomic mass is 35.5. The molecule has 9 heteroatoms. The van der Waals surface area contributed by atoms with Crippen molar-refractivity contribution in [2.45, 2.75) is 13.2 Å². The molecule has 0 heterocycles. The molecule has 6 nitrogen and oxygen atoms in total. The van der Waals surface area contributed by atoms with E-state index in [1.807, 2.05) is 30.3 Å². The Bertz CT molecular complexity index is 1380. The Balaban J connectivity index is 1.46. The molecule has 1 amide bonds. The number of benzene rings is 4. The van der Waals surface area contributed by atoms with Gasteiger partial charge in [0.1, 0.15) is 23.9 Å². The van der Waals surface area contributed by atoms with Gasteiger partial charge in [-0.1, -0.05) is 48.0 Å². The van der Waals surface area contributed by atoms with E-state index < -0.39 is 12.5 Å². The molecule has 0 unspecified atom stereocenters. The summed E-state index contributed by atoms with van der Waals surface area (Å²) in [6.07, 6.45) is 1.52. The van der Waals surface area contributed by atoms with Crippen molar-refractivity contribution in [2.75, 3.05) is 0 Å². The lowest BCUT2D eigenvalue weighted by atomic mass is 10.0. The first-order valence-corrected chi connectivity index (χ1v) is 10.8. The summed E-state index contributed by atoms with van der Waals surface area (Å²) in [6, 6.07) is 21.5. The monoisotopic (exact) mass is 496 g/mol. The Morgan fingerprint density at radius 2 is 1.77 bits per heavy atom.